The fourth-order valence-electron chi connectivity index (χ4n) is 6.21. The summed E-state index contributed by atoms with van der Waals surface area (Å²) in [4.78, 5) is 14.9. The van der Waals surface area contributed by atoms with Gasteiger partial charge in [-0.05, 0) is 51.5 Å². The van der Waals surface area contributed by atoms with E-state index in [1.165, 1.54) is 94.4 Å². The molecule has 1 saturated carbocycles. The summed E-state index contributed by atoms with van der Waals surface area (Å²) in [6.45, 7) is 4.67. The summed E-state index contributed by atoms with van der Waals surface area (Å²) in [7, 11) is 0. The molecular formula is C21H33N5. The van der Waals surface area contributed by atoms with Crippen LogP contribution in [0.1, 0.15) is 75.5 Å². The number of aromatic nitrogens is 2. The Kier molecular flexibility index (Phi) is 4.30. The Morgan fingerprint density at radius 1 is 0.885 bits per heavy atom. The summed E-state index contributed by atoms with van der Waals surface area (Å²) < 4.78 is 0. The first kappa shape index (κ1) is 16.8. The van der Waals surface area contributed by atoms with Crippen molar-refractivity contribution in [2.75, 3.05) is 36.8 Å². The monoisotopic (exact) mass is 355 g/mol. The van der Waals surface area contributed by atoms with Gasteiger partial charge in [0.05, 0.1) is 5.69 Å². The SMILES string of the molecule is Nc1nc(N2CCN3CCCCCC3C2)c2c(n1)C1(CCCC1)CCC2. The van der Waals surface area contributed by atoms with Crippen molar-refractivity contribution in [1.29, 1.82) is 0 Å². The van der Waals surface area contributed by atoms with Crippen LogP contribution in [0.4, 0.5) is 11.8 Å². The zero-order chi connectivity index (χ0) is 17.6. The topological polar surface area (TPSA) is 58.3 Å². The molecule has 5 nitrogen and oxygen atoms in total. The number of nitrogens with zero attached hydrogens (tertiary/aromatic N) is 4. The lowest BCUT2D eigenvalue weighted by Gasteiger charge is -2.43. The lowest BCUT2D eigenvalue weighted by molar-refractivity contribution is 0.180. The van der Waals surface area contributed by atoms with Crippen LogP contribution in [-0.2, 0) is 11.8 Å². The average molecular weight is 356 g/mol. The van der Waals surface area contributed by atoms with Gasteiger partial charge in [-0.25, -0.2) is 4.98 Å². The lowest BCUT2D eigenvalue weighted by atomic mass is 9.71. The van der Waals surface area contributed by atoms with Gasteiger partial charge in [0.1, 0.15) is 5.82 Å². The number of rotatable bonds is 1. The van der Waals surface area contributed by atoms with Crippen molar-refractivity contribution < 1.29 is 0 Å². The predicted molar refractivity (Wildman–Crippen MR) is 106 cm³/mol. The fraction of sp³-hybridized carbons (Fsp3) is 0.810. The van der Waals surface area contributed by atoms with Crippen molar-refractivity contribution in [3.63, 3.8) is 0 Å². The largest absolute Gasteiger partial charge is 0.368 e. The highest BCUT2D eigenvalue weighted by Crippen LogP contribution is 2.49. The van der Waals surface area contributed by atoms with Gasteiger partial charge < -0.3 is 10.6 Å². The maximum absolute atomic E-state index is 6.24. The zero-order valence-electron chi connectivity index (χ0n) is 16.1. The van der Waals surface area contributed by atoms with Crippen LogP contribution >= 0.6 is 0 Å². The maximum Gasteiger partial charge on any atom is 0.222 e. The van der Waals surface area contributed by atoms with Crippen LogP contribution in [-0.4, -0.2) is 47.1 Å². The Balaban J connectivity index is 1.49. The number of hydrogen-bond donors (Lipinski definition) is 1. The van der Waals surface area contributed by atoms with E-state index in [0.717, 1.165) is 19.5 Å². The smallest absolute Gasteiger partial charge is 0.222 e. The summed E-state index contributed by atoms with van der Waals surface area (Å²) >= 11 is 0. The van der Waals surface area contributed by atoms with Crippen LogP contribution in [0.5, 0.6) is 0 Å². The molecular weight excluding hydrogens is 322 g/mol. The molecule has 0 aromatic carbocycles. The fourth-order valence-corrected chi connectivity index (χ4v) is 6.21. The highest BCUT2D eigenvalue weighted by Gasteiger charge is 2.42. The van der Waals surface area contributed by atoms with Crippen LogP contribution < -0.4 is 10.6 Å². The van der Waals surface area contributed by atoms with Gasteiger partial charge in [0.25, 0.3) is 0 Å². The third kappa shape index (κ3) is 2.79. The Labute approximate surface area is 157 Å². The van der Waals surface area contributed by atoms with Crippen molar-refractivity contribution in [2.24, 2.45) is 0 Å². The molecule has 1 aromatic heterocycles. The van der Waals surface area contributed by atoms with Crippen LogP contribution in [0.15, 0.2) is 0 Å². The van der Waals surface area contributed by atoms with E-state index in [1.54, 1.807) is 0 Å². The number of nitrogens with two attached hydrogens (primary N) is 1. The number of nitrogen functional groups attached to an aromatic ring is 1. The Hall–Kier alpha value is -1.36. The minimum Gasteiger partial charge on any atom is -0.368 e. The molecule has 4 aliphatic rings. The molecule has 5 heteroatoms. The molecule has 3 fully saturated rings. The Morgan fingerprint density at radius 3 is 2.62 bits per heavy atom. The zero-order valence-corrected chi connectivity index (χ0v) is 16.1. The van der Waals surface area contributed by atoms with Crippen molar-refractivity contribution >= 4 is 11.8 Å². The van der Waals surface area contributed by atoms with E-state index in [9.17, 15) is 0 Å². The third-order valence-electron chi connectivity index (χ3n) is 7.53. The lowest BCUT2D eigenvalue weighted by Crippen LogP contribution is -2.53. The second-order valence-electron chi connectivity index (χ2n) is 9.06. The molecule has 0 amide bonds. The molecule has 1 atom stereocenters. The molecule has 142 valence electrons. The summed E-state index contributed by atoms with van der Waals surface area (Å²) in [5.74, 6) is 1.68. The highest BCUT2D eigenvalue weighted by atomic mass is 15.3. The van der Waals surface area contributed by atoms with Gasteiger partial charge in [0.2, 0.25) is 5.95 Å². The molecule has 26 heavy (non-hydrogen) atoms. The normalized spacial score (nSPS) is 28.6. The van der Waals surface area contributed by atoms with Gasteiger partial charge in [0, 0.05) is 36.7 Å². The van der Waals surface area contributed by atoms with E-state index in [0.29, 0.717) is 17.4 Å². The number of hydrogen-bond acceptors (Lipinski definition) is 5. The second kappa shape index (κ2) is 6.66. The molecule has 3 heterocycles. The molecule has 1 aromatic rings. The van der Waals surface area contributed by atoms with Crippen LogP contribution in [0.3, 0.4) is 0 Å². The van der Waals surface area contributed by atoms with Crippen molar-refractivity contribution in [2.45, 2.75) is 82.1 Å². The summed E-state index contributed by atoms with van der Waals surface area (Å²) in [6.07, 6.45) is 14.5. The van der Waals surface area contributed by atoms with Gasteiger partial charge in [0.15, 0.2) is 0 Å². The first-order valence-electron chi connectivity index (χ1n) is 10.9. The van der Waals surface area contributed by atoms with Gasteiger partial charge in [-0.2, -0.15) is 4.98 Å². The Bertz CT molecular complexity index is 667. The predicted octanol–water partition coefficient (Wildman–Crippen LogP) is 3.27. The molecule has 2 aliphatic carbocycles. The Morgan fingerprint density at radius 2 is 1.73 bits per heavy atom. The molecule has 2 N–H and O–H groups in total. The minimum absolute atomic E-state index is 0.309. The van der Waals surface area contributed by atoms with Crippen molar-refractivity contribution in [3.8, 4) is 0 Å². The molecule has 1 spiro atoms. The molecule has 2 saturated heterocycles. The summed E-state index contributed by atoms with van der Waals surface area (Å²) in [5, 5.41) is 0. The molecule has 2 aliphatic heterocycles. The summed E-state index contributed by atoms with van der Waals surface area (Å²) in [6, 6.07) is 0.696. The van der Waals surface area contributed by atoms with E-state index >= 15 is 0 Å². The minimum atomic E-state index is 0.309. The van der Waals surface area contributed by atoms with E-state index in [4.69, 9.17) is 15.7 Å². The van der Waals surface area contributed by atoms with E-state index < -0.39 is 0 Å². The highest BCUT2D eigenvalue weighted by molar-refractivity contribution is 5.55. The molecule has 1 unspecified atom stereocenters. The van der Waals surface area contributed by atoms with Crippen LogP contribution in [0.25, 0.3) is 0 Å². The van der Waals surface area contributed by atoms with E-state index in [1.807, 2.05) is 0 Å². The molecule has 0 bridgehead atoms. The number of anilines is 2. The van der Waals surface area contributed by atoms with Gasteiger partial charge in [-0.1, -0.05) is 25.7 Å². The van der Waals surface area contributed by atoms with Crippen molar-refractivity contribution in [1.82, 2.24) is 14.9 Å². The molecule has 0 radical (unpaired) electrons. The van der Waals surface area contributed by atoms with E-state index in [-0.39, 0.29) is 0 Å². The number of piperazine rings is 1. The summed E-state index contributed by atoms with van der Waals surface area (Å²) in [5.41, 5.74) is 9.31. The number of fused-ring (bicyclic) bond motifs is 3. The van der Waals surface area contributed by atoms with Gasteiger partial charge >= 0.3 is 0 Å². The average Bonchev–Trinajstić information content (AvgIpc) is 2.99. The van der Waals surface area contributed by atoms with Crippen LogP contribution in [0.2, 0.25) is 0 Å². The second-order valence-corrected chi connectivity index (χ2v) is 9.06. The van der Waals surface area contributed by atoms with Crippen LogP contribution in [0, 0.1) is 0 Å². The molecule has 5 rings (SSSR count). The first-order chi connectivity index (χ1) is 12.8. The van der Waals surface area contributed by atoms with E-state index in [2.05, 4.69) is 9.80 Å². The van der Waals surface area contributed by atoms with Gasteiger partial charge in [-0.3, -0.25) is 4.90 Å². The van der Waals surface area contributed by atoms with Gasteiger partial charge in [-0.15, -0.1) is 0 Å². The standard InChI is InChI=1S/C21H33N5/c22-20-23-18-17(8-6-11-21(18)9-3-4-10-21)19(24-20)26-14-13-25-12-5-1-2-7-16(25)15-26/h16H,1-15H2,(H2,22,23,24). The third-order valence-corrected chi connectivity index (χ3v) is 7.53. The quantitative estimate of drug-likeness (QED) is 0.838. The van der Waals surface area contributed by atoms with Crippen molar-refractivity contribution in [3.05, 3.63) is 11.3 Å². The maximum atomic E-state index is 6.24. The first-order valence-corrected chi connectivity index (χ1v) is 10.9.